The first kappa shape index (κ1) is 16.4. The molecule has 0 fully saturated rings. The third kappa shape index (κ3) is 5.89. The average molecular weight is 295 g/mol. The van der Waals surface area contributed by atoms with Crippen LogP contribution in [0.3, 0.4) is 0 Å². The van der Waals surface area contributed by atoms with Crippen molar-refractivity contribution in [3.8, 4) is 0 Å². The van der Waals surface area contributed by atoms with E-state index in [1.54, 1.807) is 12.1 Å². The average Bonchev–Trinajstić information content (AvgIpc) is 2.45. The van der Waals surface area contributed by atoms with Crippen molar-refractivity contribution < 1.29 is 24.2 Å². The minimum Gasteiger partial charge on any atom is -0.480 e. The van der Waals surface area contributed by atoms with Gasteiger partial charge in [0.05, 0.1) is 25.4 Å². The van der Waals surface area contributed by atoms with E-state index in [4.69, 9.17) is 10.8 Å². The van der Waals surface area contributed by atoms with Gasteiger partial charge in [0.25, 0.3) is 0 Å². The summed E-state index contributed by atoms with van der Waals surface area (Å²) in [4.78, 5) is 37.7. The van der Waals surface area contributed by atoms with E-state index < -0.39 is 23.9 Å². The standard InChI is InChI=1S/C13H17N3O5/c1-21-12(18)5-4-10(13(19)20)16-11(17)6-9-3-2-8(14)7-15-9/h2-3,7,10H,4-6,14H2,1H3,(H,16,17)(H,19,20)/t10-/m1/s1. The van der Waals surface area contributed by atoms with Crippen molar-refractivity contribution in [3.63, 3.8) is 0 Å². The number of pyridine rings is 1. The summed E-state index contributed by atoms with van der Waals surface area (Å²) in [7, 11) is 1.21. The number of ether oxygens (including phenoxy) is 1. The highest BCUT2D eigenvalue weighted by atomic mass is 16.5. The van der Waals surface area contributed by atoms with Gasteiger partial charge in [-0.2, -0.15) is 0 Å². The molecule has 0 aliphatic carbocycles. The molecule has 1 rings (SSSR count). The molecule has 0 spiro atoms. The number of nitrogens with one attached hydrogen (secondary N) is 1. The Bertz CT molecular complexity index is 515. The predicted molar refractivity (Wildman–Crippen MR) is 73.2 cm³/mol. The molecule has 8 heteroatoms. The molecular formula is C13H17N3O5. The molecule has 1 amide bonds. The van der Waals surface area contributed by atoms with Crippen molar-refractivity contribution >= 4 is 23.5 Å². The molecule has 0 saturated heterocycles. The van der Waals surface area contributed by atoms with Crippen molar-refractivity contribution in [2.24, 2.45) is 0 Å². The third-order valence-corrected chi connectivity index (χ3v) is 2.69. The van der Waals surface area contributed by atoms with Gasteiger partial charge in [0.2, 0.25) is 5.91 Å². The maximum absolute atomic E-state index is 11.8. The molecular weight excluding hydrogens is 278 g/mol. The van der Waals surface area contributed by atoms with E-state index in [-0.39, 0.29) is 19.3 Å². The summed E-state index contributed by atoms with van der Waals surface area (Å²) < 4.78 is 4.43. The molecule has 1 aromatic rings. The Kier molecular flexibility index (Phi) is 6.12. The van der Waals surface area contributed by atoms with Gasteiger partial charge in [-0.05, 0) is 18.6 Å². The maximum Gasteiger partial charge on any atom is 0.326 e. The quantitative estimate of drug-likeness (QED) is 0.590. The molecule has 0 aliphatic rings. The summed E-state index contributed by atoms with van der Waals surface area (Å²) in [5.41, 5.74) is 6.42. The molecule has 1 heterocycles. The number of methoxy groups -OCH3 is 1. The largest absolute Gasteiger partial charge is 0.480 e. The first-order valence-electron chi connectivity index (χ1n) is 6.21. The second-order valence-electron chi connectivity index (χ2n) is 4.33. The van der Waals surface area contributed by atoms with Gasteiger partial charge in [-0.15, -0.1) is 0 Å². The van der Waals surface area contributed by atoms with Crippen molar-refractivity contribution in [2.75, 3.05) is 12.8 Å². The highest BCUT2D eigenvalue weighted by Gasteiger charge is 2.21. The minimum atomic E-state index is -1.21. The van der Waals surface area contributed by atoms with E-state index in [0.29, 0.717) is 11.4 Å². The second-order valence-corrected chi connectivity index (χ2v) is 4.33. The topological polar surface area (TPSA) is 132 Å². The fourth-order valence-corrected chi connectivity index (χ4v) is 1.57. The number of carboxylic acid groups (broad SMARTS) is 1. The van der Waals surface area contributed by atoms with E-state index in [2.05, 4.69) is 15.0 Å². The number of nitrogen functional groups attached to an aromatic ring is 1. The van der Waals surface area contributed by atoms with Crippen molar-refractivity contribution in [1.82, 2.24) is 10.3 Å². The number of aromatic nitrogens is 1. The van der Waals surface area contributed by atoms with Crippen LogP contribution in [0.5, 0.6) is 0 Å². The van der Waals surface area contributed by atoms with Crippen LogP contribution in [0.4, 0.5) is 5.69 Å². The molecule has 0 unspecified atom stereocenters. The number of hydrogen-bond acceptors (Lipinski definition) is 6. The molecule has 114 valence electrons. The third-order valence-electron chi connectivity index (χ3n) is 2.69. The molecule has 0 bridgehead atoms. The lowest BCUT2D eigenvalue weighted by molar-refractivity contribution is -0.144. The van der Waals surface area contributed by atoms with E-state index >= 15 is 0 Å². The molecule has 1 aromatic heterocycles. The number of carboxylic acids is 1. The molecule has 0 saturated carbocycles. The number of hydrogen-bond donors (Lipinski definition) is 3. The minimum absolute atomic E-state index is 0.0388. The molecule has 8 nitrogen and oxygen atoms in total. The van der Waals surface area contributed by atoms with Gasteiger partial charge < -0.3 is 20.9 Å². The summed E-state index contributed by atoms with van der Waals surface area (Å²) in [6, 6.07) is 2.03. The van der Waals surface area contributed by atoms with Crippen LogP contribution in [0, 0.1) is 0 Å². The zero-order valence-electron chi connectivity index (χ0n) is 11.5. The Labute approximate surface area is 121 Å². The zero-order chi connectivity index (χ0) is 15.8. The lowest BCUT2D eigenvalue weighted by atomic mass is 10.1. The SMILES string of the molecule is COC(=O)CC[C@@H](NC(=O)Cc1ccc(N)cn1)C(=O)O. The Balaban J connectivity index is 2.54. The Morgan fingerprint density at radius 1 is 1.43 bits per heavy atom. The van der Waals surface area contributed by atoms with Gasteiger partial charge in [0.15, 0.2) is 0 Å². The summed E-state index contributed by atoms with van der Waals surface area (Å²) in [5, 5.41) is 11.4. The predicted octanol–water partition coefficient (Wildman–Crippen LogP) is -0.271. The number of nitrogens with two attached hydrogens (primary N) is 1. The number of nitrogens with zero attached hydrogens (tertiary/aromatic N) is 1. The highest BCUT2D eigenvalue weighted by molar-refractivity contribution is 5.85. The highest BCUT2D eigenvalue weighted by Crippen LogP contribution is 2.04. The monoisotopic (exact) mass is 295 g/mol. The number of esters is 1. The molecule has 21 heavy (non-hydrogen) atoms. The Hall–Kier alpha value is -2.64. The Morgan fingerprint density at radius 3 is 2.67 bits per heavy atom. The van der Waals surface area contributed by atoms with Crippen molar-refractivity contribution in [2.45, 2.75) is 25.3 Å². The van der Waals surface area contributed by atoms with Crippen molar-refractivity contribution in [3.05, 3.63) is 24.0 Å². The van der Waals surface area contributed by atoms with Crippen LogP contribution < -0.4 is 11.1 Å². The normalized spacial score (nSPS) is 11.5. The molecule has 0 radical (unpaired) electrons. The zero-order valence-corrected chi connectivity index (χ0v) is 11.5. The molecule has 0 aliphatic heterocycles. The lowest BCUT2D eigenvalue weighted by Gasteiger charge is -2.13. The first-order valence-corrected chi connectivity index (χ1v) is 6.21. The number of carbonyl (C=O) groups excluding carboxylic acids is 2. The van der Waals surface area contributed by atoms with Crippen LogP contribution in [-0.4, -0.2) is 41.1 Å². The van der Waals surface area contributed by atoms with Gasteiger partial charge in [0, 0.05) is 12.1 Å². The van der Waals surface area contributed by atoms with E-state index in [1.807, 2.05) is 0 Å². The Morgan fingerprint density at radius 2 is 2.14 bits per heavy atom. The van der Waals surface area contributed by atoms with E-state index in [0.717, 1.165) is 0 Å². The van der Waals surface area contributed by atoms with E-state index in [1.165, 1.54) is 13.3 Å². The maximum atomic E-state index is 11.8. The molecule has 0 aromatic carbocycles. The smallest absolute Gasteiger partial charge is 0.326 e. The summed E-state index contributed by atoms with van der Waals surface area (Å²) in [6.07, 6.45) is 1.22. The summed E-state index contributed by atoms with van der Waals surface area (Å²) in [6.45, 7) is 0. The van der Waals surface area contributed by atoms with Gasteiger partial charge in [-0.1, -0.05) is 0 Å². The van der Waals surface area contributed by atoms with Crippen molar-refractivity contribution in [1.29, 1.82) is 0 Å². The van der Waals surface area contributed by atoms with Crippen LogP contribution in [0.25, 0.3) is 0 Å². The molecule has 1 atom stereocenters. The molecule has 4 N–H and O–H groups in total. The lowest BCUT2D eigenvalue weighted by Crippen LogP contribution is -2.41. The number of aliphatic carboxylic acids is 1. The fraction of sp³-hybridized carbons (Fsp3) is 0.385. The van der Waals surface area contributed by atoms with Crippen LogP contribution in [0.1, 0.15) is 18.5 Å². The first-order chi connectivity index (χ1) is 9.92. The van der Waals surface area contributed by atoms with Crippen LogP contribution in [-0.2, 0) is 25.5 Å². The van der Waals surface area contributed by atoms with Crippen LogP contribution in [0.2, 0.25) is 0 Å². The van der Waals surface area contributed by atoms with Crippen LogP contribution >= 0.6 is 0 Å². The number of anilines is 1. The van der Waals surface area contributed by atoms with Gasteiger partial charge >= 0.3 is 11.9 Å². The van der Waals surface area contributed by atoms with Crippen LogP contribution in [0.15, 0.2) is 18.3 Å². The van der Waals surface area contributed by atoms with E-state index in [9.17, 15) is 14.4 Å². The van der Waals surface area contributed by atoms with Gasteiger partial charge in [-0.25, -0.2) is 4.79 Å². The van der Waals surface area contributed by atoms with Gasteiger partial charge in [-0.3, -0.25) is 14.6 Å². The fourth-order valence-electron chi connectivity index (χ4n) is 1.57. The number of amides is 1. The van der Waals surface area contributed by atoms with Gasteiger partial charge in [0.1, 0.15) is 6.04 Å². The second kappa shape index (κ2) is 7.83. The summed E-state index contributed by atoms with van der Waals surface area (Å²) >= 11 is 0. The summed E-state index contributed by atoms with van der Waals surface area (Å²) in [5.74, 6) is -2.24. The number of carbonyl (C=O) groups is 3. The number of rotatable bonds is 7.